The van der Waals surface area contributed by atoms with Gasteiger partial charge in [0.2, 0.25) is 0 Å². The molecule has 0 N–H and O–H groups in total. The van der Waals surface area contributed by atoms with Crippen molar-refractivity contribution < 1.29 is 4.92 Å². The number of nitro groups is 1. The van der Waals surface area contributed by atoms with Crippen LogP contribution < -0.4 is 0 Å². The normalized spacial score (nSPS) is 19.9. The molecule has 49 valence electrons. The van der Waals surface area contributed by atoms with Gasteiger partial charge in [0, 0.05) is 0 Å². The summed E-state index contributed by atoms with van der Waals surface area (Å²) in [6.45, 7) is 1.76. The van der Waals surface area contributed by atoms with E-state index in [2.05, 4.69) is 4.99 Å². The average molecular weight is 128 g/mol. The van der Waals surface area contributed by atoms with Crippen LogP contribution in [0.3, 0.4) is 0 Å². The standard InChI is InChI=1S/C4H6N3O2/c1-6-2-4(5-3-6)7(8)9/h3H,2H2,1H3. The molecule has 0 saturated carbocycles. The van der Waals surface area contributed by atoms with Gasteiger partial charge in [-0.1, -0.05) is 4.99 Å². The molecule has 1 radical (unpaired) electrons. The van der Waals surface area contributed by atoms with Crippen molar-refractivity contribution in [2.45, 2.75) is 0 Å². The highest BCUT2D eigenvalue weighted by molar-refractivity contribution is 5.78. The van der Waals surface area contributed by atoms with Gasteiger partial charge in [0.15, 0.2) is 0 Å². The second kappa shape index (κ2) is 2.10. The van der Waals surface area contributed by atoms with Crippen molar-refractivity contribution in [3.63, 3.8) is 0 Å². The van der Waals surface area contributed by atoms with Crippen LogP contribution in [0.4, 0.5) is 0 Å². The Hall–Kier alpha value is -0.970. The van der Waals surface area contributed by atoms with Gasteiger partial charge in [0.05, 0.1) is 0 Å². The zero-order valence-electron chi connectivity index (χ0n) is 4.94. The summed E-state index contributed by atoms with van der Waals surface area (Å²) in [7, 11) is 1.74. The molecular weight excluding hydrogens is 122 g/mol. The first kappa shape index (κ1) is 6.15. The van der Waals surface area contributed by atoms with E-state index in [9.17, 15) is 10.1 Å². The topological polar surface area (TPSA) is 58.7 Å². The van der Waals surface area contributed by atoms with E-state index in [-0.39, 0.29) is 5.84 Å². The minimum Gasteiger partial charge on any atom is -0.358 e. The Morgan fingerprint density at radius 3 is 2.89 bits per heavy atom. The summed E-state index contributed by atoms with van der Waals surface area (Å²) in [6.07, 6.45) is 0. The van der Waals surface area contributed by atoms with Gasteiger partial charge in [0.1, 0.15) is 6.54 Å². The van der Waals surface area contributed by atoms with Crippen molar-refractivity contribution in [3.05, 3.63) is 16.8 Å². The molecule has 0 aromatic heterocycles. The summed E-state index contributed by atoms with van der Waals surface area (Å²) >= 11 is 0. The van der Waals surface area contributed by atoms with Gasteiger partial charge in [-0.2, -0.15) is 0 Å². The number of hydrogen-bond donors (Lipinski definition) is 0. The van der Waals surface area contributed by atoms with Crippen LogP contribution in [0.5, 0.6) is 0 Å². The van der Waals surface area contributed by atoms with Crippen LogP contribution >= 0.6 is 0 Å². The summed E-state index contributed by atoms with van der Waals surface area (Å²) in [6, 6.07) is 0. The van der Waals surface area contributed by atoms with Gasteiger partial charge in [0.25, 0.3) is 6.67 Å². The van der Waals surface area contributed by atoms with Gasteiger partial charge in [-0.3, -0.25) is 0 Å². The van der Waals surface area contributed by atoms with Crippen LogP contribution in [0.2, 0.25) is 0 Å². The van der Waals surface area contributed by atoms with Crippen molar-refractivity contribution in [1.29, 1.82) is 0 Å². The zero-order chi connectivity index (χ0) is 6.85. The molecule has 1 aliphatic heterocycles. The van der Waals surface area contributed by atoms with E-state index in [0.29, 0.717) is 6.54 Å². The Morgan fingerprint density at radius 2 is 2.67 bits per heavy atom. The van der Waals surface area contributed by atoms with Crippen molar-refractivity contribution in [2.75, 3.05) is 13.6 Å². The molecule has 0 amide bonds. The van der Waals surface area contributed by atoms with Crippen LogP contribution in [-0.2, 0) is 0 Å². The smallest absolute Gasteiger partial charge is 0.349 e. The number of nitrogens with zero attached hydrogens (tertiary/aromatic N) is 3. The second-order valence-corrected chi connectivity index (χ2v) is 1.83. The third kappa shape index (κ3) is 1.23. The highest BCUT2D eigenvalue weighted by Crippen LogP contribution is 2.00. The van der Waals surface area contributed by atoms with Gasteiger partial charge in [-0.05, 0) is 12.0 Å². The average Bonchev–Trinajstić information content (AvgIpc) is 2.14. The molecule has 0 saturated heterocycles. The summed E-state index contributed by atoms with van der Waals surface area (Å²) in [4.78, 5) is 14.7. The number of aliphatic imine (C=N–C) groups is 1. The molecule has 0 aliphatic carbocycles. The first-order valence-electron chi connectivity index (χ1n) is 2.45. The molecule has 0 fully saturated rings. The SMILES string of the molecule is CN1[CH]N=C([N+](=O)[O-])C1. The van der Waals surface area contributed by atoms with Crippen LogP contribution in [0, 0.1) is 16.8 Å². The fourth-order valence-corrected chi connectivity index (χ4v) is 0.575. The van der Waals surface area contributed by atoms with Crippen molar-refractivity contribution in [2.24, 2.45) is 4.99 Å². The molecule has 1 aliphatic rings. The van der Waals surface area contributed by atoms with Crippen LogP contribution in [0.15, 0.2) is 4.99 Å². The Kier molecular flexibility index (Phi) is 1.44. The third-order valence-corrected chi connectivity index (χ3v) is 1.01. The molecule has 0 spiro atoms. The van der Waals surface area contributed by atoms with Crippen molar-refractivity contribution in [1.82, 2.24) is 4.90 Å². The van der Waals surface area contributed by atoms with Gasteiger partial charge in [-0.15, -0.1) is 0 Å². The molecule has 0 unspecified atom stereocenters. The van der Waals surface area contributed by atoms with E-state index in [0.717, 1.165) is 0 Å². The van der Waals surface area contributed by atoms with Gasteiger partial charge >= 0.3 is 5.84 Å². The van der Waals surface area contributed by atoms with Crippen LogP contribution in [0.1, 0.15) is 0 Å². The maximum absolute atomic E-state index is 9.98. The van der Waals surface area contributed by atoms with E-state index in [1.165, 1.54) is 6.67 Å². The first-order valence-corrected chi connectivity index (χ1v) is 2.45. The van der Waals surface area contributed by atoms with Crippen LogP contribution in [0.25, 0.3) is 0 Å². The number of likely N-dealkylation sites (N-methyl/N-ethyl adjacent to an activating group) is 1. The van der Waals surface area contributed by atoms with Crippen molar-refractivity contribution in [3.8, 4) is 0 Å². The quantitative estimate of drug-likeness (QED) is 0.333. The first-order chi connectivity index (χ1) is 4.20. The lowest BCUT2D eigenvalue weighted by Crippen LogP contribution is -2.20. The lowest BCUT2D eigenvalue weighted by Gasteiger charge is -1.97. The minimum atomic E-state index is -0.472. The lowest BCUT2D eigenvalue weighted by atomic mass is 10.6. The molecule has 0 atom stereocenters. The summed E-state index contributed by atoms with van der Waals surface area (Å²) in [5, 5.41) is 9.98. The Labute approximate surface area is 52.1 Å². The zero-order valence-corrected chi connectivity index (χ0v) is 4.94. The number of rotatable bonds is 0. The van der Waals surface area contributed by atoms with Gasteiger partial charge < -0.3 is 10.1 Å². The number of amidine groups is 1. The summed E-state index contributed by atoms with van der Waals surface area (Å²) in [5.41, 5.74) is 0. The Balaban J connectivity index is 2.55. The maximum Gasteiger partial charge on any atom is 0.349 e. The highest BCUT2D eigenvalue weighted by atomic mass is 16.6. The largest absolute Gasteiger partial charge is 0.358 e. The van der Waals surface area contributed by atoms with E-state index < -0.39 is 4.92 Å². The second-order valence-electron chi connectivity index (χ2n) is 1.83. The third-order valence-electron chi connectivity index (χ3n) is 1.01. The van der Waals surface area contributed by atoms with Gasteiger partial charge in [-0.25, -0.2) is 4.90 Å². The molecule has 5 heteroatoms. The van der Waals surface area contributed by atoms with E-state index >= 15 is 0 Å². The lowest BCUT2D eigenvalue weighted by molar-refractivity contribution is -0.351. The Morgan fingerprint density at radius 1 is 2.00 bits per heavy atom. The van der Waals surface area contributed by atoms with Crippen molar-refractivity contribution >= 4 is 5.84 Å². The molecule has 0 aromatic rings. The van der Waals surface area contributed by atoms with Crippen LogP contribution in [-0.4, -0.2) is 29.3 Å². The molecule has 0 bridgehead atoms. The van der Waals surface area contributed by atoms with E-state index in [1.807, 2.05) is 0 Å². The Bertz CT molecular complexity index is 165. The molecule has 0 aromatic carbocycles. The predicted octanol–water partition coefficient (Wildman–Crippen LogP) is -0.274. The molecule has 5 nitrogen and oxygen atoms in total. The highest BCUT2D eigenvalue weighted by Gasteiger charge is 2.23. The fourth-order valence-electron chi connectivity index (χ4n) is 0.575. The molecule has 9 heavy (non-hydrogen) atoms. The monoisotopic (exact) mass is 128 g/mol. The van der Waals surface area contributed by atoms with E-state index in [1.54, 1.807) is 11.9 Å². The fraction of sp³-hybridized carbons (Fsp3) is 0.500. The van der Waals surface area contributed by atoms with E-state index in [4.69, 9.17) is 0 Å². The molecule has 1 heterocycles. The minimum absolute atomic E-state index is 0.0116. The molecular formula is C4H6N3O2. The summed E-state index contributed by atoms with van der Waals surface area (Å²) in [5.74, 6) is 0.0116. The maximum atomic E-state index is 9.98. The molecule has 1 rings (SSSR count). The summed E-state index contributed by atoms with van der Waals surface area (Å²) < 4.78 is 0. The number of hydrogen-bond acceptors (Lipinski definition) is 4. The predicted molar refractivity (Wildman–Crippen MR) is 31.4 cm³/mol.